The molecule has 1 heterocycles. The van der Waals surface area contributed by atoms with E-state index in [1.807, 2.05) is 19.1 Å². The lowest BCUT2D eigenvalue weighted by Crippen LogP contribution is -2.17. The zero-order valence-electron chi connectivity index (χ0n) is 11.2. The highest BCUT2D eigenvalue weighted by Crippen LogP contribution is 2.18. The normalized spacial score (nSPS) is 11.3. The zero-order valence-corrected chi connectivity index (χ0v) is 12.0. The van der Waals surface area contributed by atoms with Gasteiger partial charge in [-0.05, 0) is 36.2 Å². The van der Waals surface area contributed by atoms with Crippen molar-refractivity contribution in [2.75, 3.05) is 4.72 Å². The van der Waals surface area contributed by atoms with Crippen molar-refractivity contribution >= 4 is 15.7 Å². The van der Waals surface area contributed by atoms with E-state index in [9.17, 15) is 8.42 Å². The van der Waals surface area contributed by atoms with Gasteiger partial charge < -0.3 is 5.73 Å². The summed E-state index contributed by atoms with van der Waals surface area (Å²) in [6, 6.07) is 10.4. The highest BCUT2D eigenvalue weighted by Gasteiger charge is 2.18. The molecule has 0 aliphatic rings. The molecule has 2 aromatic rings. The van der Waals surface area contributed by atoms with Crippen LogP contribution in [0.4, 0.5) is 5.69 Å². The molecule has 3 N–H and O–H groups in total. The van der Waals surface area contributed by atoms with Crippen LogP contribution in [-0.2, 0) is 23.0 Å². The Hall–Kier alpha value is -1.92. The van der Waals surface area contributed by atoms with E-state index in [0.717, 1.165) is 12.0 Å². The summed E-state index contributed by atoms with van der Waals surface area (Å²) in [5.74, 6) is 0. The van der Waals surface area contributed by atoms with Gasteiger partial charge in [0, 0.05) is 18.4 Å². The average Bonchev–Trinajstić information content (AvgIpc) is 2.47. The number of nitrogens with zero attached hydrogens (tertiary/aromatic N) is 1. The van der Waals surface area contributed by atoms with Gasteiger partial charge in [-0.1, -0.05) is 19.1 Å². The van der Waals surface area contributed by atoms with Crippen LogP contribution in [0.2, 0.25) is 0 Å². The van der Waals surface area contributed by atoms with Crippen LogP contribution >= 0.6 is 0 Å². The molecule has 0 aliphatic heterocycles. The highest BCUT2D eigenvalue weighted by molar-refractivity contribution is 7.92. The Morgan fingerprint density at radius 1 is 1.20 bits per heavy atom. The Kier molecular flexibility index (Phi) is 4.36. The Morgan fingerprint density at radius 2 is 1.90 bits per heavy atom. The summed E-state index contributed by atoms with van der Waals surface area (Å²) >= 11 is 0. The van der Waals surface area contributed by atoms with Gasteiger partial charge in [0.15, 0.2) is 0 Å². The smallest absolute Gasteiger partial charge is 0.263 e. The average molecular weight is 291 g/mol. The molecule has 0 saturated carbocycles. The fraction of sp³-hybridized carbons (Fsp3) is 0.214. The second kappa shape index (κ2) is 6.02. The number of sulfonamides is 1. The van der Waals surface area contributed by atoms with E-state index < -0.39 is 10.0 Å². The van der Waals surface area contributed by atoms with Crippen molar-refractivity contribution in [2.24, 2.45) is 5.73 Å². The van der Waals surface area contributed by atoms with E-state index in [2.05, 4.69) is 9.71 Å². The summed E-state index contributed by atoms with van der Waals surface area (Å²) in [4.78, 5) is 4.10. The molecule has 1 aromatic heterocycles. The van der Waals surface area contributed by atoms with Crippen molar-refractivity contribution in [1.82, 2.24) is 4.98 Å². The summed E-state index contributed by atoms with van der Waals surface area (Å²) in [6.45, 7) is 2.12. The third-order valence-electron chi connectivity index (χ3n) is 2.95. The molecule has 5 nitrogen and oxygen atoms in total. The summed E-state index contributed by atoms with van der Waals surface area (Å²) in [7, 11) is -3.67. The quantitative estimate of drug-likeness (QED) is 0.881. The van der Waals surface area contributed by atoms with E-state index in [0.29, 0.717) is 11.4 Å². The first-order chi connectivity index (χ1) is 9.56. The SMILES string of the molecule is CCc1ccc(NS(=O)(=O)c2cccnc2CN)cc1. The van der Waals surface area contributed by atoms with E-state index >= 15 is 0 Å². The zero-order chi connectivity index (χ0) is 14.6. The molecule has 0 spiro atoms. The number of aromatic nitrogens is 1. The van der Waals surface area contributed by atoms with E-state index in [4.69, 9.17) is 5.73 Å². The van der Waals surface area contributed by atoms with Gasteiger partial charge in [0.05, 0.1) is 5.69 Å². The maximum Gasteiger partial charge on any atom is 0.263 e. The van der Waals surface area contributed by atoms with Crippen LogP contribution in [0.1, 0.15) is 18.2 Å². The molecule has 0 saturated heterocycles. The summed E-state index contributed by atoms with van der Waals surface area (Å²) < 4.78 is 27.2. The number of nitrogens with one attached hydrogen (secondary N) is 1. The van der Waals surface area contributed by atoms with Crippen LogP contribution in [0.15, 0.2) is 47.5 Å². The monoisotopic (exact) mass is 291 g/mol. The molecule has 6 heteroatoms. The molecule has 0 amide bonds. The number of pyridine rings is 1. The predicted octanol–water partition coefficient (Wildman–Crippen LogP) is 1.90. The molecular weight excluding hydrogens is 274 g/mol. The molecule has 1 aromatic carbocycles. The van der Waals surface area contributed by atoms with E-state index in [1.54, 1.807) is 18.2 Å². The number of aryl methyl sites for hydroxylation is 1. The highest BCUT2D eigenvalue weighted by atomic mass is 32.2. The van der Waals surface area contributed by atoms with Gasteiger partial charge >= 0.3 is 0 Å². The van der Waals surface area contributed by atoms with Crippen molar-refractivity contribution in [3.63, 3.8) is 0 Å². The largest absolute Gasteiger partial charge is 0.325 e. The molecule has 0 fully saturated rings. The molecule has 0 unspecified atom stereocenters. The Balaban J connectivity index is 2.30. The lowest BCUT2D eigenvalue weighted by atomic mass is 10.2. The van der Waals surface area contributed by atoms with Crippen LogP contribution in [0.25, 0.3) is 0 Å². The number of rotatable bonds is 5. The fourth-order valence-corrected chi connectivity index (χ4v) is 3.10. The van der Waals surface area contributed by atoms with Crippen molar-refractivity contribution in [2.45, 2.75) is 24.8 Å². The molecule has 0 aliphatic carbocycles. The molecule has 2 rings (SSSR count). The first kappa shape index (κ1) is 14.5. The van der Waals surface area contributed by atoms with Gasteiger partial charge in [0.1, 0.15) is 4.90 Å². The maximum absolute atomic E-state index is 12.3. The number of hydrogen-bond donors (Lipinski definition) is 2. The van der Waals surface area contributed by atoms with Crippen molar-refractivity contribution in [1.29, 1.82) is 0 Å². The first-order valence-corrected chi connectivity index (χ1v) is 7.81. The number of hydrogen-bond acceptors (Lipinski definition) is 4. The Morgan fingerprint density at radius 3 is 2.50 bits per heavy atom. The Labute approximate surface area is 118 Å². The predicted molar refractivity (Wildman–Crippen MR) is 78.8 cm³/mol. The van der Waals surface area contributed by atoms with Gasteiger partial charge in [-0.2, -0.15) is 0 Å². The Bertz CT molecular complexity index is 682. The molecule has 106 valence electrons. The van der Waals surface area contributed by atoms with Crippen LogP contribution in [-0.4, -0.2) is 13.4 Å². The second-order valence-electron chi connectivity index (χ2n) is 4.31. The van der Waals surface area contributed by atoms with Crippen molar-refractivity contribution in [3.05, 3.63) is 53.9 Å². The molecular formula is C14H17N3O2S. The van der Waals surface area contributed by atoms with Crippen molar-refractivity contribution in [3.8, 4) is 0 Å². The van der Waals surface area contributed by atoms with Crippen molar-refractivity contribution < 1.29 is 8.42 Å². The molecule has 0 atom stereocenters. The lowest BCUT2D eigenvalue weighted by molar-refractivity contribution is 0.599. The summed E-state index contributed by atoms with van der Waals surface area (Å²) in [5, 5.41) is 0. The second-order valence-corrected chi connectivity index (χ2v) is 5.96. The summed E-state index contributed by atoms with van der Waals surface area (Å²) in [5.41, 5.74) is 7.55. The van der Waals surface area contributed by atoms with E-state index in [1.165, 1.54) is 12.3 Å². The minimum Gasteiger partial charge on any atom is -0.325 e. The van der Waals surface area contributed by atoms with Gasteiger partial charge in [-0.3, -0.25) is 9.71 Å². The van der Waals surface area contributed by atoms with Gasteiger partial charge in [0.25, 0.3) is 10.0 Å². The van der Waals surface area contributed by atoms with Gasteiger partial charge in [-0.25, -0.2) is 8.42 Å². The topological polar surface area (TPSA) is 85.1 Å². The minimum atomic E-state index is -3.67. The molecule has 0 radical (unpaired) electrons. The minimum absolute atomic E-state index is 0.0753. The van der Waals surface area contributed by atoms with Gasteiger partial charge in [-0.15, -0.1) is 0 Å². The molecule has 0 bridgehead atoms. The standard InChI is InChI=1S/C14H17N3O2S/c1-2-11-5-7-12(8-6-11)17-20(18,19)14-4-3-9-16-13(14)10-15/h3-9,17H,2,10,15H2,1H3. The van der Waals surface area contributed by atoms with E-state index in [-0.39, 0.29) is 11.4 Å². The van der Waals surface area contributed by atoms with Crippen LogP contribution in [0.3, 0.4) is 0 Å². The summed E-state index contributed by atoms with van der Waals surface area (Å²) in [6.07, 6.45) is 2.43. The fourth-order valence-electron chi connectivity index (χ4n) is 1.84. The first-order valence-electron chi connectivity index (χ1n) is 6.32. The molecule has 20 heavy (non-hydrogen) atoms. The van der Waals surface area contributed by atoms with Gasteiger partial charge in [0.2, 0.25) is 0 Å². The van der Waals surface area contributed by atoms with Crippen LogP contribution in [0, 0.1) is 0 Å². The lowest BCUT2D eigenvalue weighted by Gasteiger charge is -2.10. The third-order valence-corrected chi connectivity index (χ3v) is 4.40. The maximum atomic E-state index is 12.3. The number of nitrogens with two attached hydrogens (primary N) is 1. The third kappa shape index (κ3) is 3.15. The number of anilines is 1. The van der Waals surface area contributed by atoms with Crippen LogP contribution < -0.4 is 10.5 Å². The van der Waals surface area contributed by atoms with Crippen LogP contribution in [0.5, 0.6) is 0 Å². The number of benzene rings is 1.